The average molecular weight is 185 g/mol. The number of carbonyl (C=O) groups is 1. The first-order chi connectivity index (χ1) is 6.86. The van der Waals surface area contributed by atoms with E-state index in [1.54, 1.807) is 12.2 Å². The zero-order valence-corrected chi connectivity index (χ0v) is 7.68. The van der Waals surface area contributed by atoms with Gasteiger partial charge in [-0.2, -0.15) is 0 Å². The monoisotopic (exact) mass is 185 g/mol. The summed E-state index contributed by atoms with van der Waals surface area (Å²) in [6.45, 7) is 0. The number of benzene rings is 1. The van der Waals surface area contributed by atoms with Crippen LogP contribution in [0.2, 0.25) is 0 Å². The van der Waals surface area contributed by atoms with Crippen LogP contribution in [0.3, 0.4) is 0 Å². The largest absolute Gasteiger partial charge is 0.372 e. The summed E-state index contributed by atoms with van der Waals surface area (Å²) in [7, 11) is 0. The minimum Gasteiger partial charge on any atom is -0.372 e. The Labute approximate surface area is 82.9 Å². The Balaban J connectivity index is 2.09. The lowest BCUT2D eigenvalue weighted by atomic mass is 10.1. The van der Waals surface area contributed by atoms with E-state index in [0.29, 0.717) is 0 Å². The first-order valence-electron chi connectivity index (χ1n) is 4.56. The fraction of sp³-hybridized carbons (Fsp3) is 0.0833. The summed E-state index contributed by atoms with van der Waals surface area (Å²) in [6, 6.07) is 9.50. The zero-order chi connectivity index (χ0) is 9.80. The molecule has 0 spiro atoms. The molecule has 0 aromatic heterocycles. The van der Waals surface area contributed by atoms with Crippen LogP contribution in [0, 0.1) is 0 Å². The van der Waals surface area contributed by atoms with Crippen molar-refractivity contribution in [3.8, 4) is 0 Å². The second-order valence-corrected chi connectivity index (χ2v) is 3.13. The van der Waals surface area contributed by atoms with Crippen molar-refractivity contribution >= 4 is 11.5 Å². The maximum Gasteiger partial charge on any atom is 0.181 e. The highest BCUT2D eigenvalue weighted by Crippen LogP contribution is 2.10. The normalized spacial score (nSPS) is 19.7. The molecule has 0 saturated carbocycles. The Bertz CT molecular complexity index is 379. The number of hydrogen-bond acceptors (Lipinski definition) is 2. The second kappa shape index (κ2) is 3.92. The van der Waals surface area contributed by atoms with Gasteiger partial charge in [0.05, 0.1) is 0 Å². The summed E-state index contributed by atoms with van der Waals surface area (Å²) in [6.07, 6.45) is 7.07. The smallest absolute Gasteiger partial charge is 0.181 e. The standard InChI is InChI=1S/C12H11NO/c14-12-9-5-4-8-11(12)13-10-6-2-1-3-7-10/h1-9,11,13H. The Kier molecular flexibility index (Phi) is 2.45. The Morgan fingerprint density at radius 3 is 2.57 bits per heavy atom. The van der Waals surface area contributed by atoms with Crippen molar-refractivity contribution in [1.29, 1.82) is 0 Å². The topological polar surface area (TPSA) is 29.1 Å². The molecule has 2 nitrogen and oxygen atoms in total. The fourth-order valence-electron chi connectivity index (χ4n) is 1.36. The highest BCUT2D eigenvalue weighted by molar-refractivity contribution is 5.99. The maximum atomic E-state index is 11.4. The van der Waals surface area contributed by atoms with Crippen LogP contribution >= 0.6 is 0 Å². The summed E-state index contributed by atoms with van der Waals surface area (Å²) in [5, 5.41) is 3.14. The van der Waals surface area contributed by atoms with Gasteiger partial charge in [0.15, 0.2) is 5.78 Å². The van der Waals surface area contributed by atoms with E-state index in [1.165, 1.54) is 0 Å². The highest BCUT2D eigenvalue weighted by Gasteiger charge is 2.13. The first kappa shape index (κ1) is 8.75. The first-order valence-corrected chi connectivity index (χ1v) is 4.56. The van der Waals surface area contributed by atoms with E-state index < -0.39 is 0 Å². The number of hydrogen-bond donors (Lipinski definition) is 1. The molecular formula is C12H11NO. The number of allylic oxidation sites excluding steroid dienone is 2. The van der Waals surface area contributed by atoms with Gasteiger partial charge in [0.1, 0.15) is 6.04 Å². The molecule has 0 bridgehead atoms. The number of anilines is 1. The van der Waals surface area contributed by atoms with Gasteiger partial charge in [-0.15, -0.1) is 0 Å². The van der Waals surface area contributed by atoms with Gasteiger partial charge in [-0.05, 0) is 18.2 Å². The van der Waals surface area contributed by atoms with Gasteiger partial charge >= 0.3 is 0 Å². The fourth-order valence-corrected chi connectivity index (χ4v) is 1.36. The van der Waals surface area contributed by atoms with Gasteiger partial charge in [0, 0.05) is 5.69 Å². The minimum atomic E-state index is -0.220. The molecule has 1 N–H and O–H groups in total. The summed E-state index contributed by atoms with van der Waals surface area (Å²) in [5.74, 6) is 0.0938. The molecule has 0 fully saturated rings. The van der Waals surface area contributed by atoms with Gasteiger partial charge in [0.25, 0.3) is 0 Å². The molecule has 0 amide bonds. The molecule has 0 aliphatic heterocycles. The summed E-state index contributed by atoms with van der Waals surface area (Å²) >= 11 is 0. The van der Waals surface area contributed by atoms with Crippen LogP contribution in [0.4, 0.5) is 5.69 Å². The molecule has 70 valence electrons. The number of carbonyl (C=O) groups excluding carboxylic acids is 1. The van der Waals surface area contributed by atoms with Gasteiger partial charge in [-0.25, -0.2) is 0 Å². The van der Waals surface area contributed by atoms with Crippen molar-refractivity contribution in [3.63, 3.8) is 0 Å². The molecule has 0 saturated heterocycles. The summed E-state index contributed by atoms with van der Waals surface area (Å²) < 4.78 is 0. The van der Waals surface area contributed by atoms with Crippen LogP contribution in [0.1, 0.15) is 0 Å². The number of ketones is 1. The van der Waals surface area contributed by atoms with Gasteiger partial charge in [-0.1, -0.05) is 36.4 Å². The van der Waals surface area contributed by atoms with E-state index in [9.17, 15) is 4.79 Å². The van der Waals surface area contributed by atoms with Crippen molar-refractivity contribution in [2.45, 2.75) is 6.04 Å². The van der Waals surface area contributed by atoms with E-state index in [2.05, 4.69) is 5.32 Å². The third kappa shape index (κ3) is 1.91. The lowest BCUT2D eigenvalue weighted by molar-refractivity contribution is -0.114. The third-order valence-electron chi connectivity index (χ3n) is 2.08. The molecule has 1 aliphatic carbocycles. The average Bonchev–Trinajstić information content (AvgIpc) is 2.23. The van der Waals surface area contributed by atoms with Crippen molar-refractivity contribution in [2.75, 3.05) is 5.32 Å². The molecule has 14 heavy (non-hydrogen) atoms. The molecule has 1 unspecified atom stereocenters. The predicted octanol–water partition coefficient (Wildman–Crippen LogP) is 2.16. The SMILES string of the molecule is O=C1C=CC=CC1Nc1ccccc1. The molecule has 1 aliphatic rings. The Morgan fingerprint density at radius 2 is 1.86 bits per heavy atom. The molecule has 0 heterocycles. The van der Waals surface area contributed by atoms with E-state index >= 15 is 0 Å². The highest BCUT2D eigenvalue weighted by atomic mass is 16.1. The van der Waals surface area contributed by atoms with Crippen LogP contribution in [0.15, 0.2) is 54.6 Å². The zero-order valence-electron chi connectivity index (χ0n) is 7.68. The molecule has 2 heteroatoms. The molecule has 1 aromatic carbocycles. The number of rotatable bonds is 2. The van der Waals surface area contributed by atoms with Crippen molar-refractivity contribution in [1.82, 2.24) is 0 Å². The maximum absolute atomic E-state index is 11.4. The van der Waals surface area contributed by atoms with Gasteiger partial charge < -0.3 is 5.32 Å². The molecule has 2 rings (SSSR count). The quantitative estimate of drug-likeness (QED) is 0.765. The summed E-state index contributed by atoms with van der Waals surface area (Å²) in [5.41, 5.74) is 0.964. The van der Waals surface area contributed by atoms with Gasteiger partial charge in [0.2, 0.25) is 0 Å². The molecular weight excluding hydrogens is 174 g/mol. The van der Waals surface area contributed by atoms with E-state index in [-0.39, 0.29) is 11.8 Å². The molecule has 1 atom stereocenters. The van der Waals surface area contributed by atoms with Crippen LogP contribution in [0.5, 0.6) is 0 Å². The number of para-hydroxylation sites is 1. The van der Waals surface area contributed by atoms with Crippen LogP contribution < -0.4 is 5.32 Å². The lowest BCUT2D eigenvalue weighted by Crippen LogP contribution is -2.26. The third-order valence-corrected chi connectivity index (χ3v) is 2.08. The predicted molar refractivity (Wildman–Crippen MR) is 57.1 cm³/mol. The van der Waals surface area contributed by atoms with E-state index in [1.807, 2.05) is 42.5 Å². The molecule has 0 radical (unpaired) electrons. The Morgan fingerprint density at radius 1 is 1.07 bits per heavy atom. The Hall–Kier alpha value is -1.83. The van der Waals surface area contributed by atoms with E-state index in [4.69, 9.17) is 0 Å². The van der Waals surface area contributed by atoms with Crippen molar-refractivity contribution in [2.24, 2.45) is 0 Å². The molecule has 1 aromatic rings. The van der Waals surface area contributed by atoms with Crippen molar-refractivity contribution in [3.05, 3.63) is 54.6 Å². The number of nitrogens with one attached hydrogen (secondary N) is 1. The summed E-state index contributed by atoms with van der Waals surface area (Å²) in [4.78, 5) is 11.4. The lowest BCUT2D eigenvalue weighted by Gasteiger charge is -2.14. The van der Waals surface area contributed by atoms with Crippen LogP contribution in [-0.4, -0.2) is 11.8 Å². The van der Waals surface area contributed by atoms with Crippen LogP contribution in [0.25, 0.3) is 0 Å². The second-order valence-electron chi connectivity index (χ2n) is 3.13. The minimum absolute atomic E-state index is 0.0938. The van der Waals surface area contributed by atoms with Crippen LogP contribution in [-0.2, 0) is 4.79 Å². The van der Waals surface area contributed by atoms with E-state index in [0.717, 1.165) is 5.69 Å². The van der Waals surface area contributed by atoms with Gasteiger partial charge in [-0.3, -0.25) is 4.79 Å². The van der Waals surface area contributed by atoms with Crippen molar-refractivity contribution < 1.29 is 4.79 Å².